The molecule has 0 radical (unpaired) electrons. The molecule has 0 saturated carbocycles. The van der Waals surface area contributed by atoms with Crippen molar-refractivity contribution >= 4 is 27.0 Å². The van der Waals surface area contributed by atoms with E-state index in [-0.39, 0.29) is 29.1 Å². The minimum absolute atomic E-state index is 0.0488. The summed E-state index contributed by atoms with van der Waals surface area (Å²) in [5.74, 6) is -1.12. The van der Waals surface area contributed by atoms with Crippen LogP contribution in [-0.4, -0.2) is 30.4 Å². The van der Waals surface area contributed by atoms with Crippen molar-refractivity contribution < 1.29 is 22.0 Å². The predicted octanol–water partition coefficient (Wildman–Crippen LogP) is 3.59. The summed E-state index contributed by atoms with van der Waals surface area (Å²) in [5.41, 5.74) is 1.24. The Balaban J connectivity index is 1.72. The summed E-state index contributed by atoms with van der Waals surface area (Å²) in [6.45, 7) is 3.55. The van der Waals surface area contributed by atoms with Crippen LogP contribution in [0.15, 0.2) is 52.1 Å². The summed E-state index contributed by atoms with van der Waals surface area (Å²) in [7, 11) is -2.94. The van der Waals surface area contributed by atoms with E-state index in [9.17, 15) is 17.6 Å². The Morgan fingerprint density at radius 2 is 1.88 bits per heavy atom. The monoisotopic (exact) mass is 484 g/mol. The van der Waals surface area contributed by atoms with E-state index in [0.29, 0.717) is 16.7 Å². The van der Waals surface area contributed by atoms with Crippen LogP contribution in [0, 0.1) is 19.7 Å². The van der Waals surface area contributed by atoms with Crippen molar-refractivity contribution in [3.8, 4) is 11.8 Å². The second-order valence-corrected chi connectivity index (χ2v) is 8.84. The minimum atomic E-state index is -4.09. The third-order valence-electron chi connectivity index (χ3n) is 5.11. The first kappa shape index (κ1) is 23.3. The highest BCUT2D eigenvalue weighted by molar-refractivity contribution is 7.92. The molecule has 4 rings (SSSR count). The van der Waals surface area contributed by atoms with Crippen molar-refractivity contribution in [1.29, 1.82) is 0 Å². The largest absolute Gasteiger partial charge is 0.440 e. The van der Waals surface area contributed by atoms with Crippen molar-refractivity contribution in [2.75, 3.05) is 7.05 Å². The molecule has 0 aliphatic rings. The first-order chi connectivity index (χ1) is 16.2. The third kappa shape index (κ3) is 4.72. The number of nitrogens with zero attached hydrogens (tertiary/aromatic N) is 4. The Labute approximate surface area is 194 Å². The van der Waals surface area contributed by atoms with Gasteiger partial charge in [0.15, 0.2) is 0 Å². The average molecular weight is 484 g/mol. The highest BCUT2D eigenvalue weighted by Gasteiger charge is 2.17. The van der Waals surface area contributed by atoms with E-state index in [2.05, 4.69) is 19.7 Å². The lowest BCUT2D eigenvalue weighted by atomic mass is 9.98. The lowest BCUT2D eigenvalue weighted by molar-refractivity contribution is 0.437. The molecule has 176 valence electrons. The zero-order valence-corrected chi connectivity index (χ0v) is 19.2. The Kier molecular flexibility index (Phi) is 6.26. The molecule has 0 spiro atoms. The number of nitrogens with one attached hydrogen (secondary N) is 1. The molecule has 3 heterocycles. The third-order valence-corrected chi connectivity index (χ3v) is 6.04. The average Bonchev–Trinajstić information content (AvgIpc) is 2.81. The Bertz CT molecular complexity index is 1540. The van der Waals surface area contributed by atoms with Crippen molar-refractivity contribution in [1.82, 2.24) is 19.7 Å². The number of fused-ring (bicyclic) bond motifs is 1. The minimum Gasteiger partial charge on any atom is -0.440 e. The van der Waals surface area contributed by atoms with Crippen LogP contribution in [0.2, 0.25) is 0 Å². The van der Waals surface area contributed by atoms with Gasteiger partial charge in [0, 0.05) is 35.8 Å². The van der Waals surface area contributed by atoms with Gasteiger partial charge in [-0.05, 0) is 55.5 Å². The van der Waals surface area contributed by atoms with Crippen LogP contribution in [0.4, 0.5) is 10.2 Å². The number of hydrogen-bond donors (Lipinski definition) is 1. The van der Waals surface area contributed by atoms with Gasteiger partial charge in [0.25, 0.3) is 0 Å². The highest BCUT2D eigenvalue weighted by Crippen LogP contribution is 2.31. The molecule has 0 aliphatic heterocycles. The van der Waals surface area contributed by atoms with Gasteiger partial charge in [0.05, 0.1) is 0 Å². The van der Waals surface area contributed by atoms with E-state index < -0.39 is 27.5 Å². The number of pyridine rings is 1. The van der Waals surface area contributed by atoms with E-state index in [1.807, 2.05) is 11.6 Å². The van der Waals surface area contributed by atoms with Gasteiger partial charge < -0.3 is 18.9 Å². The Morgan fingerprint density at radius 3 is 2.59 bits per heavy atom. The van der Waals surface area contributed by atoms with E-state index in [4.69, 9.17) is 9.15 Å². The molecule has 0 aliphatic carbocycles. The fourth-order valence-corrected chi connectivity index (χ4v) is 3.74. The van der Waals surface area contributed by atoms with Gasteiger partial charge >= 0.3 is 11.6 Å². The molecule has 0 unspecified atom stereocenters. The van der Waals surface area contributed by atoms with E-state index >= 15 is 0 Å². The van der Waals surface area contributed by atoms with E-state index in [1.165, 1.54) is 12.3 Å². The molecule has 0 atom stereocenters. The molecule has 10 nitrogen and oxygen atoms in total. The van der Waals surface area contributed by atoms with Crippen molar-refractivity contribution in [3.05, 3.63) is 86.1 Å². The maximum absolute atomic E-state index is 14.9. The van der Waals surface area contributed by atoms with Gasteiger partial charge in [-0.25, -0.2) is 32.3 Å². The standard InChI is InChI=1S/C22H19FN5O5S/c1-12-9-15-13(2)16(10-14-5-8-25-20(19(14)23)28-34(30,31)24-3)21(29)32-18(15)11-17(12)33-22-26-6-4-7-27-22/h4-9,11,24H,10H2,1-3H3/q-1. The van der Waals surface area contributed by atoms with Gasteiger partial charge in [-0.1, -0.05) is 12.3 Å². The quantitative estimate of drug-likeness (QED) is 0.393. The summed E-state index contributed by atoms with van der Waals surface area (Å²) in [5, 5.41) is 0.644. The molecule has 1 N–H and O–H groups in total. The fourth-order valence-electron chi connectivity index (χ4n) is 3.30. The van der Waals surface area contributed by atoms with Crippen LogP contribution >= 0.6 is 0 Å². The lowest BCUT2D eigenvalue weighted by Gasteiger charge is -2.17. The summed E-state index contributed by atoms with van der Waals surface area (Å²) in [4.78, 5) is 24.5. The number of rotatable bonds is 7. The van der Waals surface area contributed by atoms with Crippen molar-refractivity contribution in [2.45, 2.75) is 20.3 Å². The molecular formula is C22H19FN5O5S-. The molecule has 3 aromatic heterocycles. The van der Waals surface area contributed by atoms with Gasteiger partial charge in [-0.2, -0.15) is 0 Å². The number of benzene rings is 1. The van der Waals surface area contributed by atoms with E-state index in [1.54, 1.807) is 37.5 Å². The molecule has 0 saturated heterocycles. The topological polar surface area (TPSA) is 138 Å². The fraction of sp³-hybridized carbons (Fsp3) is 0.182. The molecule has 1 aromatic carbocycles. The van der Waals surface area contributed by atoms with Gasteiger partial charge in [-0.15, -0.1) is 0 Å². The summed E-state index contributed by atoms with van der Waals surface area (Å²) in [6, 6.07) is 6.53. The Hall–Kier alpha value is -3.90. The molecule has 0 bridgehead atoms. The first-order valence-electron chi connectivity index (χ1n) is 10.00. The lowest BCUT2D eigenvalue weighted by Crippen LogP contribution is -2.16. The summed E-state index contributed by atoms with van der Waals surface area (Å²) < 4.78 is 54.7. The molecule has 12 heteroatoms. The number of halogens is 1. The first-order valence-corrected chi connectivity index (χ1v) is 11.4. The van der Waals surface area contributed by atoms with Gasteiger partial charge in [-0.3, -0.25) is 0 Å². The summed E-state index contributed by atoms with van der Waals surface area (Å²) in [6.07, 6.45) is 4.16. The smallest absolute Gasteiger partial charge is 0.340 e. The Morgan fingerprint density at radius 1 is 1.15 bits per heavy atom. The second-order valence-electron chi connectivity index (χ2n) is 7.30. The summed E-state index contributed by atoms with van der Waals surface area (Å²) >= 11 is 0. The highest BCUT2D eigenvalue weighted by atomic mass is 32.2. The van der Waals surface area contributed by atoms with Crippen LogP contribution < -0.4 is 15.1 Å². The maximum Gasteiger partial charge on any atom is 0.340 e. The molecule has 4 aromatic rings. The normalized spacial score (nSPS) is 11.5. The maximum atomic E-state index is 14.9. The number of aryl methyl sites for hydroxylation is 2. The molecular weight excluding hydrogens is 465 g/mol. The molecule has 0 amide bonds. The van der Waals surface area contributed by atoms with E-state index in [0.717, 1.165) is 12.6 Å². The zero-order chi connectivity index (χ0) is 24.5. The zero-order valence-electron chi connectivity index (χ0n) is 18.4. The predicted molar refractivity (Wildman–Crippen MR) is 122 cm³/mol. The number of hydrogen-bond acceptors (Lipinski definition) is 8. The van der Waals surface area contributed by atoms with Crippen molar-refractivity contribution in [2.24, 2.45) is 0 Å². The second kappa shape index (κ2) is 9.15. The number of aromatic nitrogens is 3. The van der Waals surface area contributed by atoms with Crippen LogP contribution in [-0.2, 0) is 16.6 Å². The SMILES string of the molecule is CNS(=O)(=O)[N-]c1nccc(Cc2c(C)c3cc(C)c(Oc4ncccn4)cc3oc2=O)c1F. The molecule has 0 fully saturated rings. The van der Waals surface area contributed by atoms with Crippen molar-refractivity contribution in [3.63, 3.8) is 0 Å². The van der Waals surface area contributed by atoms with Crippen LogP contribution in [0.25, 0.3) is 15.7 Å². The molecule has 34 heavy (non-hydrogen) atoms. The van der Waals surface area contributed by atoms with Crippen LogP contribution in [0.3, 0.4) is 0 Å². The number of ether oxygens (including phenoxy) is 1. The van der Waals surface area contributed by atoms with Crippen LogP contribution in [0.5, 0.6) is 11.8 Å². The van der Waals surface area contributed by atoms with Gasteiger partial charge in [0.2, 0.25) is 10.2 Å². The van der Waals surface area contributed by atoms with Gasteiger partial charge in [0.1, 0.15) is 17.1 Å². The van der Waals surface area contributed by atoms with Crippen LogP contribution in [0.1, 0.15) is 22.3 Å².